The van der Waals surface area contributed by atoms with E-state index < -0.39 is 5.97 Å². The summed E-state index contributed by atoms with van der Waals surface area (Å²) in [6.45, 7) is 1.35. The summed E-state index contributed by atoms with van der Waals surface area (Å²) in [6.07, 6.45) is 5.51. The first-order valence-corrected chi connectivity index (χ1v) is 11.3. The molecule has 1 atom stereocenters. The second-order valence-corrected chi connectivity index (χ2v) is 8.16. The van der Waals surface area contributed by atoms with E-state index in [0.29, 0.717) is 28.2 Å². The zero-order valence-corrected chi connectivity index (χ0v) is 18.1. The van der Waals surface area contributed by atoms with Crippen LogP contribution in [0.4, 0.5) is 0 Å². The third-order valence-electron chi connectivity index (χ3n) is 5.10. The van der Waals surface area contributed by atoms with Gasteiger partial charge in [-0.1, -0.05) is 30.3 Å². The lowest BCUT2D eigenvalue weighted by Crippen LogP contribution is -2.33. The van der Waals surface area contributed by atoms with Crippen molar-refractivity contribution in [2.75, 3.05) is 12.9 Å². The molecule has 1 N–H and O–H groups in total. The van der Waals surface area contributed by atoms with Crippen molar-refractivity contribution in [3.63, 3.8) is 0 Å². The molecule has 1 aliphatic rings. The second-order valence-electron chi connectivity index (χ2n) is 7.36. The van der Waals surface area contributed by atoms with Crippen LogP contribution >= 0.6 is 11.8 Å². The number of esters is 1. The minimum absolute atomic E-state index is 0.0631. The van der Waals surface area contributed by atoms with E-state index in [9.17, 15) is 9.59 Å². The van der Waals surface area contributed by atoms with Crippen LogP contribution in [0.15, 0.2) is 58.2 Å². The Kier molecular flexibility index (Phi) is 6.36. The largest absolute Gasteiger partial charge is 0.461 e. The Morgan fingerprint density at radius 3 is 2.61 bits per heavy atom. The van der Waals surface area contributed by atoms with Crippen molar-refractivity contribution in [2.24, 2.45) is 5.92 Å². The Hall–Kier alpha value is -3.13. The van der Waals surface area contributed by atoms with E-state index >= 15 is 0 Å². The summed E-state index contributed by atoms with van der Waals surface area (Å²) in [5, 5.41) is 3.48. The van der Waals surface area contributed by atoms with Crippen molar-refractivity contribution in [3.8, 4) is 11.6 Å². The predicted molar refractivity (Wildman–Crippen MR) is 117 cm³/mol. The number of hydrogen-bond donors (Lipinski definition) is 1. The maximum absolute atomic E-state index is 12.7. The lowest BCUT2D eigenvalue weighted by Gasteiger charge is -2.19. The maximum Gasteiger partial charge on any atom is 0.343 e. The normalized spacial score (nSPS) is 14.1. The molecule has 7 nitrogen and oxygen atoms in total. The molecule has 8 heteroatoms. The number of thioether (sulfide) groups is 1. The maximum atomic E-state index is 12.7. The number of benzene rings is 1. The van der Waals surface area contributed by atoms with E-state index in [1.54, 1.807) is 19.1 Å². The van der Waals surface area contributed by atoms with Crippen LogP contribution in [0.5, 0.6) is 0 Å². The highest BCUT2D eigenvalue weighted by atomic mass is 32.2. The van der Waals surface area contributed by atoms with E-state index in [-0.39, 0.29) is 24.1 Å². The molecule has 0 spiro atoms. The number of aromatic nitrogens is 2. The summed E-state index contributed by atoms with van der Waals surface area (Å²) in [4.78, 5) is 34.0. The highest BCUT2D eigenvalue weighted by Gasteiger charge is 2.33. The van der Waals surface area contributed by atoms with E-state index in [1.165, 1.54) is 18.0 Å². The molecule has 0 bridgehead atoms. The number of amides is 1. The Balaban J connectivity index is 1.43. The average molecular weight is 438 g/mol. The topological polar surface area (TPSA) is 94.3 Å². The number of carbonyl (C=O) groups excluding carboxylic acids is 2. The van der Waals surface area contributed by atoms with Gasteiger partial charge in [0.05, 0.1) is 18.0 Å². The van der Waals surface area contributed by atoms with Gasteiger partial charge in [0.25, 0.3) is 5.91 Å². The van der Waals surface area contributed by atoms with Gasteiger partial charge in [0.2, 0.25) is 0 Å². The third kappa shape index (κ3) is 4.96. The predicted octanol–water partition coefficient (Wildman–Crippen LogP) is 4.19. The molecular weight excluding hydrogens is 414 g/mol. The van der Waals surface area contributed by atoms with E-state index in [0.717, 1.165) is 18.4 Å². The molecule has 1 aliphatic carbocycles. The fourth-order valence-electron chi connectivity index (χ4n) is 3.43. The fourth-order valence-corrected chi connectivity index (χ4v) is 4.04. The number of ether oxygens (including phenoxy) is 1. The van der Waals surface area contributed by atoms with Gasteiger partial charge in [0.15, 0.2) is 18.2 Å². The quantitative estimate of drug-likeness (QED) is 0.321. The second kappa shape index (κ2) is 9.34. The van der Waals surface area contributed by atoms with Gasteiger partial charge in [-0.2, -0.15) is 0 Å². The number of nitrogens with zero attached hydrogens (tertiary/aromatic N) is 2. The SMILES string of the molecule is CSc1nc(-c2ccco2)nc(C)c1C(=O)OCC(=O)NC(c1ccccc1)C1CC1. The monoisotopic (exact) mass is 437 g/mol. The van der Waals surface area contributed by atoms with Crippen molar-refractivity contribution in [2.45, 2.75) is 30.8 Å². The van der Waals surface area contributed by atoms with E-state index in [4.69, 9.17) is 9.15 Å². The van der Waals surface area contributed by atoms with Gasteiger partial charge in [-0.3, -0.25) is 4.79 Å². The lowest BCUT2D eigenvalue weighted by molar-refractivity contribution is -0.125. The Morgan fingerprint density at radius 1 is 1.19 bits per heavy atom. The first kappa shape index (κ1) is 21.1. The number of furan rings is 1. The van der Waals surface area contributed by atoms with Gasteiger partial charge in [0, 0.05) is 0 Å². The van der Waals surface area contributed by atoms with Gasteiger partial charge >= 0.3 is 5.97 Å². The van der Waals surface area contributed by atoms with Crippen LogP contribution in [0.2, 0.25) is 0 Å². The summed E-state index contributed by atoms with van der Waals surface area (Å²) < 4.78 is 10.7. The van der Waals surface area contributed by atoms with Crippen molar-refractivity contribution in [3.05, 3.63) is 65.5 Å². The summed E-state index contributed by atoms with van der Waals surface area (Å²) in [5.74, 6) is 0.396. The molecule has 0 saturated heterocycles. The van der Waals surface area contributed by atoms with Crippen LogP contribution in [0.25, 0.3) is 11.6 Å². The highest BCUT2D eigenvalue weighted by molar-refractivity contribution is 7.98. The summed E-state index contributed by atoms with van der Waals surface area (Å²) in [6, 6.07) is 13.3. The molecule has 1 aromatic carbocycles. The van der Waals surface area contributed by atoms with Crippen molar-refractivity contribution >= 4 is 23.6 Å². The zero-order chi connectivity index (χ0) is 21.8. The van der Waals surface area contributed by atoms with Gasteiger partial charge in [-0.25, -0.2) is 14.8 Å². The van der Waals surface area contributed by atoms with Gasteiger partial charge in [-0.05, 0) is 49.6 Å². The van der Waals surface area contributed by atoms with Crippen molar-refractivity contribution in [1.82, 2.24) is 15.3 Å². The molecule has 1 amide bonds. The lowest BCUT2D eigenvalue weighted by atomic mass is 10.0. The highest BCUT2D eigenvalue weighted by Crippen LogP contribution is 2.40. The number of aryl methyl sites for hydroxylation is 1. The van der Waals surface area contributed by atoms with Crippen molar-refractivity contribution in [1.29, 1.82) is 0 Å². The minimum atomic E-state index is -0.620. The van der Waals surface area contributed by atoms with Gasteiger partial charge in [-0.15, -0.1) is 11.8 Å². The Labute approximate surface area is 184 Å². The first-order chi connectivity index (χ1) is 15.1. The number of hydrogen-bond acceptors (Lipinski definition) is 7. The number of rotatable bonds is 8. The van der Waals surface area contributed by atoms with Crippen LogP contribution in [-0.2, 0) is 9.53 Å². The van der Waals surface area contributed by atoms with Crippen LogP contribution in [-0.4, -0.2) is 34.7 Å². The third-order valence-corrected chi connectivity index (χ3v) is 5.78. The molecule has 0 aliphatic heterocycles. The number of nitrogens with one attached hydrogen (secondary N) is 1. The molecule has 2 heterocycles. The molecule has 0 radical (unpaired) electrons. The van der Waals surface area contributed by atoms with Crippen LogP contribution in [0.1, 0.15) is 40.5 Å². The summed E-state index contributed by atoms with van der Waals surface area (Å²) in [5.41, 5.74) is 1.79. The van der Waals surface area contributed by atoms with Crippen LogP contribution < -0.4 is 5.32 Å². The molecule has 160 valence electrons. The first-order valence-electron chi connectivity index (χ1n) is 10.0. The molecule has 1 saturated carbocycles. The van der Waals surface area contributed by atoms with E-state index in [1.807, 2.05) is 36.6 Å². The molecule has 4 rings (SSSR count). The Morgan fingerprint density at radius 2 is 1.97 bits per heavy atom. The van der Waals surface area contributed by atoms with E-state index in [2.05, 4.69) is 15.3 Å². The summed E-state index contributed by atoms with van der Waals surface area (Å²) >= 11 is 1.31. The molecule has 1 unspecified atom stereocenters. The smallest absolute Gasteiger partial charge is 0.343 e. The van der Waals surface area contributed by atoms with Crippen LogP contribution in [0, 0.1) is 12.8 Å². The molecule has 31 heavy (non-hydrogen) atoms. The minimum Gasteiger partial charge on any atom is -0.461 e. The summed E-state index contributed by atoms with van der Waals surface area (Å²) in [7, 11) is 0. The zero-order valence-electron chi connectivity index (χ0n) is 17.3. The average Bonchev–Trinajstić information content (AvgIpc) is 3.48. The molecular formula is C23H23N3O4S. The van der Waals surface area contributed by atoms with Crippen molar-refractivity contribution < 1.29 is 18.7 Å². The number of carbonyl (C=O) groups is 2. The molecule has 3 aromatic rings. The van der Waals surface area contributed by atoms with Crippen LogP contribution in [0.3, 0.4) is 0 Å². The van der Waals surface area contributed by atoms with Gasteiger partial charge < -0.3 is 14.5 Å². The molecule has 1 fully saturated rings. The fraction of sp³-hybridized carbons (Fsp3) is 0.304. The standard InChI is InChI=1S/C23H23N3O4S/c1-14-19(22(31-2)26-21(24-14)17-9-6-12-29-17)23(28)30-13-18(27)25-20(16-10-11-16)15-7-4-3-5-8-15/h3-9,12,16,20H,10-11,13H2,1-2H3,(H,25,27). The van der Waals surface area contributed by atoms with Gasteiger partial charge in [0.1, 0.15) is 10.6 Å². The Bertz CT molecular complexity index is 1070. The molecule has 2 aromatic heterocycles.